The molecule has 0 bridgehead atoms. The summed E-state index contributed by atoms with van der Waals surface area (Å²) in [4.78, 5) is 0. The van der Waals surface area contributed by atoms with Crippen molar-refractivity contribution in [2.75, 3.05) is 0 Å². The molecule has 7 heteroatoms. The molecule has 0 radical (unpaired) electrons. The summed E-state index contributed by atoms with van der Waals surface area (Å²) in [6.07, 6.45) is -0.778. The number of alkyl halides is 3. The fraction of sp³-hybridized carbons (Fsp3) is 0.0435. The van der Waals surface area contributed by atoms with E-state index in [1.807, 2.05) is 18.2 Å². The lowest BCUT2D eigenvalue weighted by Crippen LogP contribution is -2.20. The van der Waals surface area contributed by atoms with Crippen molar-refractivity contribution in [2.45, 2.75) is 6.18 Å². The molecule has 2 heterocycles. The standard InChI is InChI=1S/C23H13F4N2O/c24-18-3-1-2-4-21(18)29-12-11-20(29)15-7-10-19-17(13-15)22(30-28-19)14-5-8-16(9-6-14)23(25,26)27/h1-13H/q+1. The summed E-state index contributed by atoms with van der Waals surface area (Å²) < 4.78 is 59.8. The van der Waals surface area contributed by atoms with E-state index >= 15 is 0 Å². The van der Waals surface area contributed by atoms with Crippen LogP contribution in [0.1, 0.15) is 11.1 Å². The Hall–Kier alpha value is -3.74. The number of benzene rings is 3. The van der Waals surface area contributed by atoms with Gasteiger partial charge in [0.15, 0.2) is 17.8 Å². The summed E-state index contributed by atoms with van der Waals surface area (Å²) in [5.74, 6) is 0.0396. The molecule has 0 aliphatic carbocycles. The smallest absolute Gasteiger partial charge is 0.355 e. The Bertz CT molecular complexity index is 1330. The van der Waals surface area contributed by atoms with Crippen LogP contribution in [-0.2, 0) is 6.18 Å². The third-order valence-corrected chi connectivity index (χ3v) is 5.00. The van der Waals surface area contributed by atoms with E-state index in [1.165, 1.54) is 18.2 Å². The molecule has 0 saturated carbocycles. The third kappa shape index (κ3) is 2.99. The monoisotopic (exact) mass is 409 g/mol. The highest BCUT2D eigenvalue weighted by Crippen LogP contribution is 2.34. The number of para-hydroxylation sites is 1. The first kappa shape index (κ1) is 18.3. The molecular weight excluding hydrogens is 396 g/mol. The number of halogens is 4. The zero-order valence-electron chi connectivity index (χ0n) is 15.3. The number of allylic oxidation sites excluding steroid dienone is 1. The van der Waals surface area contributed by atoms with Crippen LogP contribution < -0.4 is 0 Å². The van der Waals surface area contributed by atoms with Crippen molar-refractivity contribution in [1.82, 2.24) is 5.16 Å². The lowest BCUT2D eigenvalue weighted by molar-refractivity contribution is -0.373. The molecule has 0 saturated heterocycles. The van der Waals surface area contributed by atoms with Gasteiger partial charge in [-0.05, 0) is 36.4 Å². The second kappa shape index (κ2) is 6.66. The molecule has 3 nitrogen and oxygen atoms in total. The Kier molecular flexibility index (Phi) is 4.06. The average molecular weight is 409 g/mol. The van der Waals surface area contributed by atoms with Gasteiger partial charge in [0.2, 0.25) is 11.4 Å². The highest BCUT2D eigenvalue weighted by Gasteiger charge is 2.30. The number of nitrogens with zero attached hydrogens (tertiary/aromatic N) is 2. The van der Waals surface area contributed by atoms with Gasteiger partial charge >= 0.3 is 6.18 Å². The van der Waals surface area contributed by atoms with Crippen molar-refractivity contribution in [3.63, 3.8) is 0 Å². The molecule has 0 spiro atoms. The minimum atomic E-state index is -4.40. The first-order valence-corrected chi connectivity index (χ1v) is 9.08. The van der Waals surface area contributed by atoms with E-state index in [9.17, 15) is 17.6 Å². The van der Waals surface area contributed by atoms with Crippen LogP contribution in [-0.4, -0.2) is 15.4 Å². The van der Waals surface area contributed by atoms with Crippen LogP contribution in [0.25, 0.3) is 22.2 Å². The van der Waals surface area contributed by atoms with Crippen LogP contribution in [0, 0.1) is 5.82 Å². The van der Waals surface area contributed by atoms with Crippen LogP contribution in [0.15, 0.2) is 83.5 Å². The average Bonchev–Trinajstić information content (AvgIpc) is 3.12. The number of fused-ring (bicyclic) bond motifs is 1. The molecule has 30 heavy (non-hydrogen) atoms. The van der Waals surface area contributed by atoms with Gasteiger partial charge in [-0.3, -0.25) is 0 Å². The minimum Gasteiger partial charge on any atom is -0.355 e. The highest BCUT2D eigenvalue weighted by atomic mass is 19.4. The van der Waals surface area contributed by atoms with Gasteiger partial charge in [0, 0.05) is 17.2 Å². The van der Waals surface area contributed by atoms with Crippen LogP contribution >= 0.6 is 0 Å². The quantitative estimate of drug-likeness (QED) is 0.293. The third-order valence-electron chi connectivity index (χ3n) is 5.00. The van der Waals surface area contributed by atoms with E-state index in [0.717, 1.165) is 23.4 Å². The summed E-state index contributed by atoms with van der Waals surface area (Å²) in [5.41, 5.74) is 2.37. The van der Waals surface area contributed by atoms with Crippen molar-refractivity contribution in [3.05, 3.63) is 96.0 Å². The van der Waals surface area contributed by atoms with Gasteiger partial charge in [-0.2, -0.15) is 22.1 Å². The van der Waals surface area contributed by atoms with E-state index < -0.39 is 11.7 Å². The SMILES string of the molecule is Fc1ccccc1[N+]1=C(c2ccc3noc(-c4ccc(C(F)(F)F)cc4)c3c2)C=C1. The number of hydrogen-bond donors (Lipinski definition) is 0. The highest BCUT2D eigenvalue weighted by molar-refractivity contribution is 6.10. The number of rotatable bonds is 3. The fourth-order valence-electron chi connectivity index (χ4n) is 3.44. The van der Waals surface area contributed by atoms with Crippen molar-refractivity contribution < 1.29 is 26.7 Å². The summed E-state index contributed by atoms with van der Waals surface area (Å²) >= 11 is 0. The van der Waals surface area contributed by atoms with Crippen LogP contribution in [0.4, 0.5) is 23.2 Å². The van der Waals surface area contributed by atoms with Gasteiger partial charge in [-0.15, -0.1) is 0 Å². The summed E-state index contributed by atoms with van der Waals surface area (Å²) in [5, 5.41) is 4.66. The van der Waals surface area contributed by atoms with E-state index in [-0.39, 0.29) is 5.82 Å². The molecule has 3 aromatic carbocycles. The van der Waals surface area contributed by atoms with Crippen molar-refractivity contribution >= 4 is 22.3 Å². The molecule has 148 valence electrons. The molecule has 5 rings (SSSR count). The number of hydrogen-bond acceptors (Lipinski definition) is 2. The first-order chi connectivity index (χ1) is 14.4. The van der Waals surface area contributed by atoms with Gasteiger partial charge in [-0.25, -0.2) is 0 Å². The van der Waals surface area contributed by atoms with Crippen molar-refractivity contribution in [1.29, 1.82) is 0 Å². The largest absolute Gasteiger partial charge is 0.416 e. The minimum absolute atomic E-state index is 0.337. The van der Waals surface area contributed by atoms with Crippen molar-refractivity contribution in [3.8, 4) is 11.3 Å². The molecule has 0 unspecified atom stereocenters. The Morgan fingerprint density at radius 2 is 1.60 bits per heavy atom. The molecule has 0 fully saturated rings. The zero-order valence-corrected chi connectivity index (χ0v) is 15.3. The second-order valence-electron chi connectivity index (χ2n) is 6.84. The molecule has 0 N–H and O–H groups in total. The Morgan fingerprint density at radius 1 is 0.867 bits per heavy atom. The lowest BCUT2D eigenvalue weighted by atomic mass is 10.0. The predicted molar refractivity (Wildman–Crippen MR) is 104 cm³/mol. The normalized spacial score (nSPS) is 13.7. The van der Waals surface area contributed by atoms with E-state index in [4.69, 9.17) is 4.52 Å². The van der Waals surface area contributed by atoms with Gasteiger partial charge < -0.3 is 4.52 Å². The first-order valence-electron chi connectivity index (χ1n) is 9.08. The maximum absolute atomic E-state index is 14.2. The molecule has 1 aromatic heterocycles. The molecule has 1 aliphatic heterocycles. The van der Waals surface area contributed by atoms with Gasteiger partial charge in [-0.1, -0.05) is 29.4 Å². The molecule has 4 aromatic rings. The van der Waals surface area contributed by atoms with Crippen molar-refractivity contribution in [2.24, 2.45) is 0 Å². The Morgan fingerprint density at radius 3 is 2.27 bits per heavy atom. The molecular formula is C23H13F4N2O+. The lowest BCUT2D eigenvalue weighted by Gasteiger charge is -2.10. The molecule has 0 atom stereocenters. The summed E-state index contributed by atoms with van der Waals surface area (Å²) in [7, 11) is 0. The molecule has 0 amide bonds. The second-order valence-corrected chi connectivity index (χ2v) is 6.84. The fourth-order valence-corrected chi connectivity index (χ4v) is 3.44. The topological polar surface area (TPSA) is 29.0 Å². The predicted octanol–water partition coefficient (Wildman–Crippen LogP) is 6.31. The van der Waals surface area contributed by atoms with Crippen LogP contribution in [0.2, 0.25) is 0 Å². The van der Waals surface area contributed by atoms with E-state index in [1.54, 1.807) is 35.0 Å². The maximum atomic E-state index is 14.2. The number of aromatic nitrogens is 1. The van der Waals surface area contributed by atoms with Gasteiger partial charge in [0.1, 0.15) is 5.52 Å². The maximum Gasteiger partial charge on any atom is 0.416 e. The van der Waals surface area contributed by atoms with Gasteiger partial charge in [0.25, 0.3) is 0 Å². The van der Waals surface area contributed by atoms with Crippen LogP contribution in [0.5, 0.6) is 0 Å². The van der Waals surface area contributed by atoms with E-state index in [0.29, 0.717) is 27.9 Å². The van der Waals surface area contributed by atoms with Gasteiger partial charge in [0.05, 0.1) is 17.0 Å². The Balaban J connectivity index is 1.58. The Labute approximate surface area is 168 Å². The zero-order chi connectivity index (χ0) is 20.9. The van der Waals surface area contributed by atoms with E-state index in [2.05, 4.69) is 5.16 Å². The summed E-state index contributed by atoms with van der Waals surface area (Å²) in [6.45, 7) is 0. The van der Waals surface area contributed by atoms with Crippen LogP contribution in [0.3, 0.4) is 0 Å². The summed E-state index contributed by atoms with van der Waals surface area (Å²) in [6, 6.07) is 16.6. The molecule has 1 aliphatic rings.